The molecule has 2 aromatic rings. The molecule has 0 amide bonds. The Morgan fingerprint density at radius 1 is 1.25 bits per heavy atom. The average molecular weight is 326 g/mol. The van der Waals surface area contributed by atoms with E-state index >= 15 is 0 Å². The molecule has 0 bridgehead atoms. The highest BCUT2D eigenvalue weighted by Gasteiger charge is 2.44. The van der Waals surface area contributed by atoms with Crippen molar-refractivity contribution in [2.24, 2.45) is 0 Å². The normalized spacial score (nSPS) is 27.4. The summed E-state index contributed by atoms with van der Waals surface area (Å²) >= 11 is 0. The third-order valence-electron chi connectivity index (χ3n) is 4.74. The number of hydrogen-bond acceptors (Lipinski definition) is 6. The number of rotatable bonds is 4. The van der Waals surface area contributed by atoms with Crippen LogP contribution in [-0.4, -0.2) is 51.3 Å². The van der Waals surface area contributed by atoms with Gasteiger partial charge in [0, 0.05) is 44.3 Å². The number of ether oxygens (including phenoxy) is 2. The van der Waals surface area contributed by atoms with Gasteiger partial charge in [-0.15, -0.1) is 0 Å². The third kappa shape index (κ3) is 3.55. The summed E-state index contributed by atoms with van der Waals surface area (Å²) in [4.78, 5) is 14.9. The Balaban J connectivity index is 1.37. The van der Waals surface area contributed by atoms with Crippen LogP contribution in [0.25, 0.3) is 0 Å². The van der Waals surface area contributed by atoms with Crippen LogP contribution in [-0.2, 0) is 11.3 Å². The zero-order valence-electron chi connectivity index (χ0n) is 13.7. The van der Waals surface area contributed by atoms with Gasteiger partial charge in [-0.25, -0.2) is 9.97 Å². The fraction of sp³-hybridized carbons (Fsp3) is 0.500. The lowest BCUT2D eigenvalue weighted by atomic mass is 9.89. The number of nitrogens with zero attached hydrogens (tertiary/aromatic N) is 4. The number of piperidine rings is 1. The van der Waals surface area contributed by atoms with E-state index in [2.05, 4.69) is 25.9 Å². The second kappa shape index (κ2) is 6.83. The molecular formula is C18H22N4O2. The van der Waals surface area contributed by atoms with Crippen molar-refractivity contribution >= 4 is 0 Å². The van der Waals surface area contributed by atoms with Gasteiger partial charge in [0.1, 0.15) is 6.10 Å². The highest BCUT2D eigenvalue weighted by Crippen LogP contribution is 2.36. The van der Waals surface area contributed by atoms with Crippen LogP contribution in [0.1, 0.15) is 24.8 Å². The number of aromatic nitrogens is 3. The molecule has 2 fully saturated rings. The van der Waals surface area contributed by atoms with Crippen LogP contribution in [0.15, 0.2) is 43.0 Å². The second-order valence-corrected chi connectivity index (χ2v) is 6.64. The first-order chi connectivity index (χ1) is 11.8. The van der Waals surface area contributed by atoms with E-state index in [1.165, 1.54) is 5.56 Å². The molecule has 1 spiro atoms. The van der Waals surface area contributed by atoms with Crippen molar-refractivity contribution in [3.63, 3.8) is 0 Å². The van der Waals surface area contributed by atoms with E-state index in [1.807, 2.05) is 18.5 Å². The minimum absolute atomic E-state index is 0.0331. The Kier molecular flexibility index (Phi) is 4.40. The number of likely N-dealkylation sites (tertiary alicyclic amines) is 1. The van der Waals surface area contributed by atoms with E-state index in [0.29, 0.717) is 12.6 Å². The third-order valence-corrected chi connectivity index (χ3v) is 4.74. The Morgan fingerprint density at radius 3 is 3.00 bits per heavy atom. The van der Waals surface area contributed by atoms with Crippen LogP contribution in [0, 0.1) is 0 Å². The van der Waals surface area contributed by atoms with E-state index in [-0.39, 0.29) is 11.7 Å². The maximum absolute atomic E-state index is 6.20. The highest BCUT2D eigenvalue weighted by molar-refractivity contribution is 5.09. The molecule has 2 aliphatic heterocycles. The molecule has 126 valence electrons. The van der Waals surface area contributed by atoms with Gasteiger partial charge in [0.15, 0.2) is 0 Å². The lowest BCUT2D eigenvalue weighted by Crippen LogP contribution is -2.47. The Morgan fingerprint density at radius 2 is 2.17 bits per heavy atom. The molecule has 0 unspecified atom stereocenters. The van der Waals surface area contributed by atoms with E-state index in [4.69, 9.17) is 9.47 Å². The van der Waals surface area contributed by atoms with Crippen molar-refractivity contribution in [1.82, 2.24) is 19.9 Å². The first-order valence-corrected chi connectivity index (χ1v) is 8.50. The quantitative estimate of drug-likeness (QED) is 0.857. The van der Waals surface area contributed by atoms with Gasteiger partial charge in [-0.2, -0.15) is 0 Å². The monoisotopic (exact) mass is 326 g/mol. The van der Waals surface area contributed by atoms with Gasteiger partial charge in [0.25, 0.3) is 0 Å². The molecule has 6 heteroatoms. The maximum atomic E-state index is 6.20. The van der Waals surface area contributed by atoms with Crippen LogP contribution >= 0.6 is 0 Å². The Labute approximate surface area is 141 Å². The van der Waals surface area contributed by atoms with Crippen LogP contribution in [0.2, 0.25) is 0 Å². The van der Waals surface area contributed by atoms with Crippen molar-refractivity contribution in [2.75, 3.05) is 19.7 Å². The molecule has 24 heavy (non-hydrogen) atoms. The fourth-order valence-corrected chi connectivity index (χ4v) is 3.73. The lowest BCUT2D eigenvalue weighted by Gasteiger charge is -2.39. The lowest BCUT2D eigenvalue weighted by molar-refractivity contribution is -0.0538. The summed E-state index contributed by atoms with van der Waals surface area (Å²) in [5.74, 6) is 0. The minimum atomic E-state index is -0.0973. The Bertz CT molecular complexity index is 655. The minimum Gasteiger partial charge on any atom is -0.458 e. The van der Waals surface area contributed by atoms with Crippen molar-refractivity contribution in [1.29, 1.82) is 0 Å². The molecule has 0 aliphatic carbocycles. The van der Waals surface area contributed by atoms with E-state index in [1.54, 1.807) is 18.5 Å². The van der Waals surface area contributed by atoms with E-state index < -0.39 is 0 Å². The van der Waals surface area contributed by atoms with Crippen LogP contribution in [0.5, 0.6) is 6.01 Å². The van der Waals surface area contributed by atoms with Gasteiger partial charge in [0.2, 0.25) is 0 Å². The molecule has 2 atom stereocenters. The van der Waals surface area contributed by atoms with Crippen molar-refractivity contribution in [2.45, 2.75) is 37.5 Å². The molecule has 2 saturated heterocycles. The summed E-state index contributed by atoms with van der Waals surface area (Å²) in [5.41, 5.74) is 1.15. The standard InChI is InChI=1S/C18H22N4O2/c1-4-15(11-19-6-1)12-22-9-2-5-18(14-22)10-16(13-23-18)24-17-20-7-3-8-21-17/h1,3-4,6-8,11,16H,2,5,9-10,12-14H2/t16-,18-/m0/s1. The van der Waals surface area contributed by atoms with Crippen molar-refractivity contribution in [3.05, 3.63) is 48.5 Å². The molecule has 6 nitrogen and oxygen atoms in total. The zero-order chi connectivity index (χ0) is 16.2. The van der Waals surface area contributed by atoms with Gasteiger partial charge in [0.05, 0.1) is 12.2 Å². The van der Waals surface area contributed by atoms with Gasteiger partial charge < -0.3 is 9.47 Å². The molecule has 0 N–H and O–H groups in total. The maximum Gasteiger partial charge on any atom is 0.316 e. The molecule has 2 aromatic heterocycles. The summed E-state index contributed by atoms with van der Waals surface area (Å²) in [7, 11) is 0. The first-order valence-electron chi connectivity index (χ1n) is 8.50. The molecule has 2 aliphatic rings. The first kappa shape index (κ1) is 15.5. The highest BCUT2D eigenvalue weighted by atomic mass is 16.6. The van der Waals surface area contributed by atoms with Crippen molar-refractivity contribution in [3.8, 4) is 6.01 Å². The van der Waals surface area contributed by atoms with Gasteiger partial charge >= 0.3 is 6.01 Å². The van der Waals surface area contributed by atoms with Crippen LogP contribution in [0.3, 0.4) is 0 Å². The topological polar surface area (TPSA) is 60.4 Å². The van der Waals surface area contributed by atoms with E-state index in [9.17, 15) is 0 Å². The average Bonchev–Trinajstić information content (AvgIpc) is 2.98. The largest absolute Gasteiger partial charge is 0.458 e. The number of pyridine rings is 1. The van der Waals surface area contributed by atoms with Crippen LogP contribution < -0.4 is 4.74 Å². The summed E-state index contributed by atoms with van der Waals surface area (Å²) in [6, 6.07) is 6.34. The zero-order valence-corrected chi connectivity index (χ0v) is 13.7. The SMILES string of the molecule is c1cnc(O[C@@H]2CO[C@@]3(CCCN(Cc4cccnc4)C3)C2)nc1. The van der Waals surface area contributed by atoms with Gasteiger partial charge in [-0.3, -0.25) is 9.88 Å². The summed E-state index contributed by atoms with van der Waals surface area (Å²) < 4.78 is 12.1. The van der Waals surface area contributed by atoms with Crippen molar-refractivity contribution < 1.29 is 9.47 Å². The molecule has 4 heterocycles. The summed E-state index contributed by atoms with van der Waals surface area (Å²) in [6.07, 6.45) is 10.3. The summed E-state index contributed by atoms with van der Waals surface area (Å²) in [5, 5.41) is 0. The van der Waals surface area contributed by atoms with Gasteiger partial charge in [-0.1, -0.05) is 6.07 Å². The number of hydrogen-bond donors (Lipinski definition) is 0. The molecule has 0 radical (unpaired) electrons. The fourth-order valence-electron chi connectivity index (χ4n) is 3.73. The smallest absolute Gasteiger partial charge is 0.316 e. The molecule has 0 saturated carbocycles. The van der Waals surface area contributed by atoms with Crippen LogP contribution in [0.4, 0.5) is 0 Å². The predicted molar refractivity (Wildman–Crippen MR) is 88.5 cm³/mol. The second-order valence-electron chi connectivity index (χ2n) is 6.64. The molecule has 4 rings (SSSR count). The molecular weight excluding hydrogens is 304 g/mol. The van der Waals surface area contributed by atoms with Gasteiger partial charge in [-0.05, 0) is 37.1 Å². The molecule has 0 aromatic carbocycles. The predicted octanol–water partition coefficient (Wildman–Crippen LogP) is 2.07. The van der Waals surface area contributed by atoms with E-state index in [0.717, 1.165) is 38.9 Å². The summed E-state index contributed by atoms with van der Waals surface area (Å²) in [6.45, 7) is 3.58. The Hall–Kier alpha value is -2.05.